The number of nitrogens with zero attached hydrogens (tertiary/aromatic N) is 3. The first-order valence-electron chi connectivity index (χ1n) is 7.15. The van der Waals surface area contributed by atoms with Crippen molar-refractivity contribution in [3.63, 3.8) is 0 Å². The Morgan fingerprint density at radius 1 is 1.52 bits per heavy atom. The van der Waals surface area contributed by atoms with E-state index in [0.29, 0.717) is 18.2 Å². The Kier molecular flexibility index (Phi) is 5.14. The van der Waals surface area contributed by atoms with Crippen molar-refractivity contribution in [3.8, 4) is 0 Å². The van der Waals surface area contributed by atoms with Gasteiger partial charge in [-0.3, -0.25) is 0 Å². The van der Waals surface area contributed by atoms with Crippen molar-refractivity contribution >= 4 is 5.84 Å². The number of likely N-dealkylation sites (N-methyl/N-ethyl adjacent to an activating group) is 2. The molecule has 0 radical (unpaired) electrons. The van der Waals surface area contributed by atoms with Crippen molar-refractivity contribution < 1.29 is 9.60 Å². The normalized spacial score (nSPS) is 20.4. The molecule has 3 N–H and O–H groups in total. The molecule has 0 aliphatic carbocycles. The Bertz CT molecular complexity index is 520. The third-order valence-corrected chi connectivity index (χ3v) is 4.01. The summed E-state index contributed by atoms with van der Waals surface area (Å²) in [7, 11) is 4.17. The molecule has 1 saturated heterocycles. The average molecular weight is 294 g/mol. The van der Waals surface area contributed by atoms with E-state index < -0.39 is 0 Å². The topological polar surface area (TPSA) is 65.1 Å². The monoisotopic (exact) mass is 294 g/mol. The summed E-state index contributed by atoms with van der Waals surface area (Å²) >= 11 is 0. The maximum Gasteiger partial charge on any atom is 0.170 e. The zero-order chi connectivity index (χ0) is 15.4. The van der Waals surface area contributed by atoms with Crippen LogP contribution in [0.25, 0.3) is 0 Å². The van der Waals surface area contributed by atoms with Gasteiger partial charge in [-0.2, -0.15) is 0 Å². The first-order chi connectivity index (χ1) is 9.99. The van der Waals surface area contributed by atoms with Crippen molar-refractivity contribution in [2.45, 2.75) is 25.4 Å². The van der Waals surface area contributed by atoms with Crippen molar-refractivity contribution in [3.05, 3.63) is 35.1 Å². The maximum absolute atomic E-state index is 13.6. The van der Waals surface area contributed by atoms with E-state index in [2.05, 4.69) is 22.0 Å². The van der Waals surface area contributed by atoms with Crippen LogP contribution in [0.1, 0.15) is 24.0 Å². The number of hydrogen-bond donors (Lipinski definition) is 2. The van der Waals surface area contributed by atoms with E-state index in [1.54, 1.807) is 6.07 Å². The van der Waals surface area contributed by atoms with Gasteiger partial charge in [0.25, 0.3) is 0 Å². The molecule has 2 rings (SSSR count). The van der Waals surface area contributed by atoms with Crippen molar-refractivity contribution in [2.75, 3.05) is 27.2 Å². The van der Waals surface area contributed by atoms with Gasteiger partial charge in [0, 0.05) is 24.7 Å². The van der Waals surface area contributed by atoms with Gasteiger partial charge in [0.15, 0.2) is 5.84 Å². The van der Waals surface area contributed by atoms with Crippen LogP contribution in [-0.2, 0) is 6.54 Å². The molecule has 0 aromatic heterocycles. The molecule has 1 aliphatic rings. The summed E-state index contributed by atoms with van der Waals surface area (Å²) in [4.78, 5) is 4.54. The van der Waals surface area contributed by atoms with E-state index in [0.717, 1.165) is 18.7 Å². The molecule has 1 fully saturated rings. The molecule has 1 aromatic rings. The highest BCUT2D eigenvalue weighted by molar-refractivity contribution is 5.97. The van der Waals surface area contributed by atoms with E-state index >= 15 is 0 Å². The minimum atomic E-state index is -0.375. The molecule has 21 heavy (non-hydrogen) atoms. The molecule has 6 heteroatoms. The Hall–Kier alpha value is -1.66. The van der Waals surface area contributed by atoms with Gasteiger partial charge in [0.05, 0.1) is 0 Å². The average Bonchev–Trinajstić information content (AvgIpc) is 2.82. The predicted molar refractivity (Wildman–Crippen MR) is 80.9 cm³/mol. The SMILES string of the molecule is CN(Cc1cc(F)cc(/C(N)=N/O)c1)CC1CCCN1C. The summed E-state index contributed by atoms with van der Waals surface area (Å²) in [5.41, 5.74) is 6.75. The quantitative estimate of drug-likeness (QED) is 0.373. The van der Waals surface area contributed by atoms with E-state index in [1.165, 1.54) is 25.0 Å². The number of benzene rings is 1. The number of oxime groups is 1. The second-order valence-electron chi connectivity index (χ2n) is 5.81. The summed E-state index contributed by atoms with van der Waals surface area (Å²) in [6, 6.07) is 5.08. The van der Waals surface area contributed by atoms with Gasteiger partial charge in [-0.05, 0) is 57.2 Å². The van der Waals surface area contributed by atoms with Crippen LogP contribution < -0.4 is 5.73 Å². The van der Waals surface area contributed by atoms with E-state index in [4.69, 9.17) is 10.9 Å². The lowest BCUT2D eigenvalue weighted by atomic mass is 10.1. The Morgan fingerprint density at radius 2 is 2.29 bits per heavy atom. The van der Waals surface area contributed by atoms with Gasteiger partial charge < -0.3 is 20.7 Å². The lowest BCUT2D eigenvalue weighted by Gasteiger charge is -2.25. The van der Waals surface area contributed by atoms with Crippen LogP contribution >= 0.6 is 0 Å². The van der Waals surface area contributed by atoms with E-state index in [1.807, 2.05) is 7.05 Å². The summed E-state index contributed by atoms with van der Waals surface area (Å²) in [6.07, 6.45) is 2.45. The minimum absolute atomic E-state index is 0.0751. The highest BCUT2D eigenvalue weighted by atomic mass is 19.1. The molecule has 0 amide bonds. The number of rotatable bonds is 5. The number of halogens is 1. The first kappa shape index (κ1) is 15.7. The van der Waals surface area contributed by atoms with Crippen LogP contribution in [0.5, 0.6) is 0 Å². The van der Waals surface area contributed by atoms with Gasteiger partial charge in [-0.15, -0.1) is 0 Å². The zero-order valence-corrected chi connectivity index (χ0v) is 12.6. The van der Waals surface area contributed by atoms with Crippen LogP contribution in [0.15, 0.2) is 23.4 Å². The molecule has 5 nitrogen and oxygen atoms in total. The van der Waals surface area contributed by atoms with Gasteiger partial charge in [-0.25, -0.2) is 4.39 Å². The molecular weight excluding hydrogens is 271 g/mol. The molecule has 1 aliphatic heterocycles. The van der Waals surface area contributed by atoms with Gasteiger partial charge in [-0.1, -0.05) is 5.16 Å². The van der Waals surface area contributed by atoms with E-state index in [-0.39, 0.29) is 11.7 Å². The van der Waals surface area contributed by atoms with Crippen LogP contribution in [0.3, 0.4) is 0 Å². The standard InChI is InChI=1S/C15H23FN4O/c1-19(10-14-4-3-5-20(14)2)9-11-6-12(15(17)18-21)8-13(16)7-11/h6-8,14,21H,3-5,9-10H2,1-2H3,(H2,17,18). The van der Waals surface area contributed by atoms with Crippen molar-refractivity contribution in [1.82, 2.24) is 9.80 Å². The Balaban J connectivity index is 2.03. The smallest absolute Gasteiger partial charge is 0.170 e. The fourth-order valence-electron chi connectivity index (χ4n) is 2.89. The summed E-state index contributed by atoms with van der Waals surface area (Å²) in [6.45, 7) is 2.73. The van der Waals surface area contributed by atoms with Crippen LogP contribution in [0.4, 0.5) is 4.39 Å². The Morgan fingerprint density at radius 3 is 2.90 bits per heavy atom. The number of amidine groups is 1. The minimum Gasteiger partial charge on any atom is -0.409 e. The van der Waals surface area contributed by atoms with Gasteiger partial charge in [0.1, 0.15) is 5.82 Å². The molecule has 1 unspecified atom stereocenters. The third-order valence-electron chi connectivity index (χ3n) is 4.01. The van der Waals surface area contributed by atoms with E-state index in [9.17, 15) is 4.39 Å². The molecular formula is C15H23FN4O. The fraction of sp³-hybridized carbons (Fsp3) is 0.533. The lowest BCUT2D eigenvalue weighted by molar-refractivity contribution is 0.215. The molecule has 0 saturated carbocycles. The second-order valence-corrected chi connectivity index (χ2v) is 5.81. The third kappa shape index (κ3) is 4.15. The molecule has 0 bridgehead atoms. The summed E-state index contributed by atoms with van der Waals surface area (Å²) < 4.78 is 13.6. The largest absolute Gasteiger partial charge is 0.409 e. The fourth-order valence-corrected chi connectivity index (χ4v) is 2.89. The number of nitrogens with two attached hydrogens (primary N) is 1. The van der Waals surface area contributed by atoms with Gasteiger partial charge >= 0.3 is 0 Å². The van der Waals surface area contributed by atoms with Gasteiger partial charge in [0.2, 0.25) is 0 Å². The summed E-state index contributed by atoms with van der Waals surface area (Å²) in [5, 5.41) is 11.6. The highest BCUT2D eigenvalue weighted by Crippen LogP contribution is 2.17. The predicted octanol–water partition coefficient (Wildman–Crippen LogP) is 1.45. The molecule has 1 atom stereocenters. The first-order valence-corrected chi connectivity index (χ1v) is 7.15. The van der Waals surface area contributed by atoms with Crippen molar-refractivity contribution in [1.29, 1.82) is 0 Å². The lowest BCUT2D eigenvalue weighted by Crippen LogP contribution is -2.36. The Labute approximate surface area is 124 Å². The molecule has 116 valence electrons. The molecule has 1 heterocycles. The number of likely N-dealkylation sites (tertiary alicyclic amines) is 1. The zero-order valence-electron chi connectivity index (χ0n) is 12.6. The van der Waals surface area contributed by atoms with Crippen LogP contribution in [0.2, 0.25) is 0 Å². The highest BCUT2D eigenvalue weighted by Gasteiger charge is 2.22. The van der Waals surface area contributed by atoms with Crippen LogP contribution in [0, 0.1) is 5.82 Å². The maximum atomic E-state index is 13.6. The van der Waals surface area contributed by atoms with Crippen LogP contribution in [-0.4, -0.2) is 54.1 Å². The molecule has 1 aromatic carbocycles. The second kappa shape index (κ2) is 6.87. The summed E-state index contributed by atoms with van der Waals surface area (Å²) in [5.74, 6) is -0.450. The molecule has 0 spiro atoms. The van der Waals surface area contributed by atoms with Crippen molar-refractivity contribution in [2.24, 2.45) is 10.9 Å². The number of hydrogen-bond acceptors (Lipinski definition) is 4.